The van der Waals surface area contributed by atoms with Crippen LogP contribution in [0.5, 0.6) is 0 Å². The third-order valence-corrected chi connectivity index (χ3v) is 2.05. The van der Waals surface area contributed by atoms with E-state index in [1.165, 1.54) is 0 Å². The molecule has 5 heteroatoms. The molecule has 0 fully saturated rings. The van der Waals surface area contributed by atoms with Crippen LogP contribution in [-0.2, 0) is 14.3 Å². The molecule has 90 valence electrons. The number of ether oxygens (including phenoxy) is 1. The standard InChI is InChI=1S/C12H12O5/c1-8(13)17-11(12(15)16)7-10(14)9-5-3-2-4-6-9/h2-6,11H,7H2,1H3,(H,15,16)/t11-/m0/s1. The van der Waals surface area contributed by atoms with Gasteiger partial charge in [-0.1, -0.05) is 30.3 Å². The summed E-state index contributed by atoms with van der Waals surface area (Å²) in [6.07, 6.45) is -1.79. The maximum absolute atomic E-state index is 11.7. The van der Waals surface area contributed by atoms with Crippen LogP contribution in [0.15, 0.2) is 30.3 Å². The zero-order valence-corrected chi connectivity index (χ0v) is 9.25. The lowest BCUT2D eigenvalue weighted by Gasteiger charge is -2.11. The molecule has 1 rings (SSSR count). The van der Waals surface area contributed by atoms with E-state index in [-0.39, 0.29) is 12.2 Å². The number of carboxylic acids is 1. The van der Waals surface area contributed by atoms with E-state index in [2.05, 4.69) is 4.74 Å². The van der Waals surface area contributed by atoms with E-state index in [9.17, 15) is 14.4 Å². The van der Waals surface area contributed by atoms with Gasteiger partial charge in [-0.25, -0.2) is 4.79 Å². The van der Waals surface area contributed by atoms with Crippen molar-refractivity contribution in [2.24, 2.45) is 0 Å². The minimum atomic E-state index is -1.43. The highest BCUT2D eigenvalue weighted by Crippen LogP contribution is 2.08. The van der Waals surface area contributed by atoms with Crippen molar-refractivity contribution in [2.45, 2.75) is 19.4 Å². The second-order valence-corrected chi connectivity index (χ2v) is 3.43. The molecule has 5 nitrogen and oxygen atoms in total. The Balaban J connectivity index is 2.71. The molecule has 0 bridgehead atoms. The molecule has 0 aliphatic carbocycles. The molecule has 1 atom stereocenters. The Kier molecular flexibility index (Phi) is 4.39. The van der Waals surface area contributed by atoms with Gasteiger partial charge in [0.1, 0.15) is 0 Å². The first-order valence-electron chi connectivity index (χ1n) is 4.99. The van der Waals surface area contributed by atoms with E-state index in [0.29, 0.717) is 5.56 Å². The number of Topliss-reactive ketones (excluding diaryl/α,β-unsaturated/α-hetero) is 1. The summed E-state index contributed by atoms with van der Waals surface area (Å²) >= 11 is 0. The van der Waals surface area contributed by atoms with Crippen LogP contribution in [0.3, 0.4) is 0 Å². The fraction of sp³-hybridized carbons (Fsp3) is 0.250. The van der Waals surface area contributed by atoms with E-state index in [1.54, 1.807) is 30.3 Å². The molecule has 0 aromatic heterocycles. The number of esters is 1. The summed E-state index contributed by atoms with van der Waals surface area (Å²) in [7, 11) is 0. The first kappa shape index (κ1) is 12.9. The minimum absolute atomic E-state index is 0.362. The topological polar surface area (TPSA) is 80.7 Å². The average molecular weight is 236 g/mol. The molecule has 0 saturated heterocycles. The predicted molar refractivity (Wildman–Crippen MR) is 58.6 cm³/mol. The molecule has 1 N–H and O–H groups in total. The zero-order chi connectivity index (χ0) is 12.8. The second-order valence-electron chi connectivity index (χ2n) is 3.43. The lowest BCUT2D eigenvalue weighted by Crippen LogP contribution is -2.28. The highest BCUT2D eigenvalue weighted by Gasteiger charge is 2.24. The van der Waals surface area contributed by atoms with Gasteiger partial charge >= 0.3 is 11.9 Å². The lowest BCUT2D eigenvalue weighted by molar-refractivity contribution is -0.162. The molecular weight excluding hydrogens is 224 g/mol. The van der Waals surface area contributed by atoms with Crippen LogP contribution in [0.1, 0.15) is 23.7 Å². The molecule has 0 saturated carbocycles. The quantitative estimate of drug-likeness (QED) is 0.615. The number of rotatable bonds is 5. The summed E-state index contributed by atoms with van der Waals surface area (Å²) < 4.78 is 4.54. The second kappa shape index (κ2) is 5.79. The van der Waals surface area contributed by atoms with Crippen LogP contribution < -0.4 is 0 Å². The van der Waals surface area contributed by atoms with Crippen molar-refractivity contribution >= 4 is 17.7 Å². The molecule has 0 heterocycles. The smallest absolute Gasteiger partial charge is 0.345 e. The van der Waals surface area contributed by atoms with Crippen LogP contribution >= 0.6 is 0 Å². The Morgan fingerprint density at radius 1 is 1.24 bits per heavy atom. The van der Waals surface area contributed by atoms with E-state index in [1.807, 2.05) is 0 Å². The average Bonchev–Trinajstić information content (AvgIpc) is 2.28. The maximum Gasteiger partial charge on any atom is 0.345 e. The van der Waals surface area contributed by atoms with Gasteiger partial charge in [0, 0.05) is 12.5 Å². The van der Waals surface area contributed by atoms with Crippen LogP contribution in [-0.4, -0.2) is 28.9 Å². The molecule has 0 amide bonds. The fourth-order valence-electron chi connectivity index (χ4n) is 1.29. The number of carbonyl (C=O) groups is 3. The zero-order valence-electron chi connectivity index (χ0n) is 9.25. The third kappa shape index (κ3) is 4.06. The van der Waals surface area contributed by atoms with Crippen molar-refractivity contribution in [3.8, 4) is 0 Å². The molecule has 0 spiro atoms. The largest absolute Gasteiger partial charge is 0.478 e. The van der Waals surface area contributed by atoms with Crippen molar-refractivity contribution in [2.75, 3.05) is 0 Å². The van der Waals surface area contributed by atoms with Crippen LogP contribution in [0.25, 0.3) is 0 Å². The van der Waals surface area contributed by atoms with Crippen molar-refractivity contribution in [3.05, 3.63) is 35.9 Å². The Morgan fingerprint density at radius 2 is 1.82 bits per heavy atom. The van der Waals surface area contributed by atoms with Gasteiger partial charge in [0.2, 0.25) is 6.10 Å². The van der Waals surface area contributed by atoms with E-state index in [4.69, 9.17) is 5.11 Å². The molecule has 1 aromatic rings. The molecular formula is C12H12O5. The van der Waals surface area contributed by atoms with Crippen LogP contribution in [0, 0.1) is 0 Å². The van der Waals surface area contributed by atoms with Crippen LogP contribution in [0.4, 0.5) is 0 Å². The predicted octanol–water partition coefficient (Wildman–Crippen LogP) is 1.28. The summed E-state index contributed by atoms with van der Waals surface area (Å²) in [5.41, 5.74) is 0.394. The van der Waals surface area contributed by atoms with Gasteiger partial charge in [-0.05, 0) is 0 Å². The monoisotopic (exact) mass is 236 g/mol. The Labute approximate surface area is 98.0 Å². The lowest BCUT2D eigenvalue weighted by atomic mass is 10.1. The van der Waals surface area contributed by atoms with Gasteiger partial charge in [0.25, 0.3) is 0 Å². The number of ketones is 1. The molecule has 1 aromatic carbocycles. The molecule has 0 aliphatic heterocycles. The van der Waals surface area contributed by atoms with Gasteiger partial charge in [-0.3, -0.25) is 9.59 Å². The highest BCUT2D eigenvalue weighted by molar-refractivity contribution is 5.98. The molecule has 0 radical (unpaired) electrons. The summed E-state index contributed by atoms with van der Waals surface area (Å²) in [5.74, 6) is -2.43. The van der Waals surface area contributed by atoms with Gasteiger partial charge in [0.15, 0.2) is 5.78 Å². The van der Waals surface area contributed by atoms with Gasteiger partial charge < -0.3 is 9.84 Å². The maximum atomic E-state index is 11.7. The van der Waals surface area contributed by atoms with Crippen molar-refractivity contribution in [1.82, 2.24) is 0 Å². The number of hydrogen-bond donors (Lipinski definition) is 1. The van der Waals surface area contributed by atoms with E-state index < -0.39 is 18.0 Å². The number of aliphatic carboxylic acids is 1. The summed E-state index contributed by atoms with van der Waals surface area (Å²) in [6.45, 7) is 1.10. The minimum Gasteiger partial charge on any atom is -0.478 e. The van der Waals surface area contributed by atoms with Gasteiger partial charge in [-0.15, -0.1) is 0 Å². The van der Waals surface area contributed by atoms with Crippen LogP contribution in [0.2, 0.25) is 0 Å². The third-order valence-electron chi connectivity index (χ3n) is 2.05. The molecule has 0 aliphatic rings. The first-order chi connectivity index (χ1) is 8.00. The van der Waals surface area contributed by atoms with Crippen molar-refractivity contribution < 1.29 is 24.2 Å². The van der Waals surface area contributed by atoms with Gasteiger partial charge in [0.05, 0.1) is 6.42 Å². The Morgan fingerprint density at radius 3 is 2.29 bits per heavy atom. The number of carbonyl (C=O) groups excluding carboxylic acids is 2. The Bertz CT molecular complexity index is 424. The SMILES string of the molecule is CC(=O)O[C@@H](CC(=O)c1ccccc1)C(=O)O. The van der Waals surface area contributed by atoms with E-state index >= 15 is 0 Å². The van der Waals surface area contributed by atoms with Crippen molar-refractivity contribution in [3.63, 3.8) is 0 Å². The van der Waals surface area contributed by atoms with Crippen molar-refractivity contribution in [1.29, 1.82) is 0 Å². The first-order valence-corrected chi connectivity index (χ1v) is 4.99. The summed E-state index contributed by atoms with van der Waals surface area (Å²) in [4.78, 5) is 33.1. The highest BCUT2D eigenvalue weighted by atomic mass is 16.6. The molecule has 0 unspecified atom stereocenters. The number of benzene rings is 1. The van der Waals surface area contributed by atoms with E-state index in [0.717, 1.165) is 6.92 Å². The summed E-state index contributed by atoms with van der Waals surface area (Å²) in [5, 5.41) is 8.79. The molecule has 17 heavy (non-hydrogen) atoms. The number of carboxylic acid groups (broad SMARTS) is 1. The van der Waals surface area contributed by atoms with Gasteiger partial charge in [-0.2, -0.15) is 0 Å². The summed E-state index contributed by atoms with van der Waals surface area (Å²) in [6, 6.07) is 8.26. The normalized spacial score (nSPS) is 11.6. The Hall–Kier alpha value is -2.17. The number of hydrogen-bond acceptors (Lipinski definition) is 4. The fourth-order valence-corrected chi connectivity index (χ4v) is 1.29.